The van der Waals surface area contributed by atoms with E-state index in [0.29, 0.717) is 48.7 Å². The van der Waals surface area contributed by atoms with Gasteiger partial charge in [0.1, 0.15) is 17.3 Å². The Morgan fingerprint density at radius 1 is 1.17 bits per heavy atom. The maximum absolute atomic E-state index is 13.4. The van der Waals surface area contributed by atoms with Crippen LogP contribution in [0.4, 0.5) is 10.1 Å². The van der Waals surface area contributed by atoms with E-state index in [1.165, 1.54) is 24.7 Å². The van der Waals surface area contributed by atoms with E-state index < -0.39 is 11.4 Å². The number of furan rings is 2. The van der Waals surface area contributed by atoms with Crippen molar-refractivity contribution in [1.82, 2.24) is 4.90 Å². The second kappa shape index (κ2) is 8.33. The third-order valence-electron chi connectivity index (χ3n) is 5.68. The molecule has 8 heteroatoms. The molecule has 0 unspecified atom stereocenters. The number of piperidine rings is 1. The zero-order valence-corrected chi connectivity index (χ0v) is 16.4. The highest BCUT2D eigenvalue weighted by Crippen LogP contribution is 2.38. The zero-order valence-electron chi connectivity index (χ0n) is 16.4. The van der Waals surface area contributed by atoms with Crippen molar-refractivity contribution in [2.45, 2.75) is 31.0 Å². The smallest absolute Gasteiger partial charge is 0.253 e. The molecule has 1 amide bonds. The number of nitrogens with zero attached hydrogens (tertiary/aromatic N) is 1. The first-order chi connectivity index (χ1) is 14.6. The Morgan fingerprint density at radius 2 is 1.80 bits per heavy atom. The van der Waals surface area contributed by atoms with Crippen LogP contribution in [0, 0.1) is 5.82 Å². The number of halogens is 1. The molecule has 3 aromatic rings. The van der Waals surface area contributed by atoms with E-state index in [2.05, 4.69) is 5.32 Å². The van der Waals surface area contributed by atoms with Gasteiger partial charge in [-0.05, 0) is 55.3 Å². The molecule has 0 radical (unpaired) electrons. The summed E-state index contributed by atoms with van der Waals surface area (Å²) in [5.41, 5.74) is 5.80. The molecule has 1 saturated heterocycles. The summed E-state index contributed by atoms with van der Waals surface area (Å²) in [5.74, 6) is -0.127. The van der Waals surface area contributed by atoms with Gasteiger partial charge in [0, 0.05) is 30.4 Å². The summed E-state index contributed by atoms with van der Waals surface area (Å²) in [5, 5.41) is 12.9. The van der Waals surface area contributed by atoms with Crippen LogP contribution in [-0.2, 0) is 16.9 Å². The van der Waals surface area contributed by atoms with Crippen molar-refractivity contribution in [2.75, 3.05) is 18.4 Å². The lowest BCUT2D eigenvalue weighted by molar-refractivity contribution is -0.131. The fourth-order valence-electron chi connectivity index (χ4n) is 4.21. The van der Waals surface area contributed by atoms with Crippen molar-refractivity contribution in [3.8, 4) is 0 Å². The van der Waals surface area contributed by atoms with Gasteiger partial charge in [-0.15, -0.1) is 0 Å². The fraction of sp³-hybridized carbons (Fsp3) is 0.318. The van der Waals surface area contributed by atoms with Crippen LogP contribution in [0.25, 0.3) is 0 Å². The molecule has 1 aromatic carbocycles. The van der Waals surface area contributed by atoms with Gasteiger partial charge in [0.2, 0.25) is 5.54 Å². The Labute approximate surface area is 173 Å². The lowest BCUT2D eigenvalue weighted by atomic mass is 9.87. The number of rotatable bonds is 7. The number of nitrogens with two attached hydrogens (primary N) is 1. The van der Waals surface area contributed by atoms with Crippen LogP contribution in [0.15, 0.2) is 63.8 Å². The van der Waals surface area contributed by atoms with Gasteiger partial charge in [-0.3, -0.25) is 9.69 Å². The number of benzene rings is 1. The number of carbonyl (C=O) groups excluding carboxylic acids is 1. The summed E-state index contributed by atoms with van der Waals surface area (Å²) in [7, 11) is 0. The van der Waals surface area contributed by atoms with Gasteiger partial charge in [0.15, 0.2) is 0 Å². The van der Waals surface area contributed by atoms with E-state index in [1.54, 1.807) is 30.3 Å². The molecule has 3 heterocycles. The molecular weight excluding hydrogens is 389 g/mol. The van der Waals surface area contributed by atoms with Crippen LogP contribution >= 0.6 is 0 Å². The average Bonchev–Trinajstić information content (AvgIpc) is 3.46. The number of nitrogens with one attached hydrogen (secondary N) is 1. The number of primary amides is 1. The molecule has 0 spiro atoms. The van der Waals surface area contributed by atoms with Crippen LogP contribution in [0.2, 0.25) is 0 Å². The van der Waals surface area contributed by atoms with Gasteiger partial charge in [0.25, 0.3) is 5.91 Å². The molecule has 1 fully saturated rings. The minimum absolute atomic E-state index is 0.0933. The van der Waals surface area contributed by atoms with Gasteiger partial charge in [-0.25, -0.2) is 4.39 Å². The molecule has 4 N–H and O–H groups in total. The Balaban J connectivity index is 1.56. The van der Waals surface area contributed by atoms with Crippen LogP contribution in [-0.4, -0.2) is 35.0 Å². The normalized spacial score (nSPS) is 15.9. The van der Waals surface area contributed by atoms with Crippen molar-refractivity contribution < 1.29 is 23.1 Å². The molecule has 7 nitrogen and oxygen atoms in total. The number of likely N-dealkylation sites (tertiary alicyclic amines) is 1. The molecule has 158 valence electrons. The zero-order chi connectivity index (χ0) is 21.1. The molecule has 2 aromatic heterocycles. The number of amides is 1. The summed E-state index contributed by atoms with van der Waals surface area (Å²) in [6, 6.07) is 11.3. The van der Waals surface area contributed by atoms with Crippen molar-refractivity contribution in [2.24, 2.45) is 5.73 Å². The van der Waals surface area contributed by atoms with E-state index in [1.807, 2.05) is 4.90 Å². The first kappa shape index (κ1) is 20.2. The third-order valence-corrected chi connectivity index (χ3v) is 5.68. The minimum Gasteiger partial charge on any atom is -0.466 e. The van der Waals surface area contributed by atoms with E-state index in [-0.39, 0.29) is 18.5 Å². The van der Waals surface area contributed by atoms with E-state index in [0.717, 1.165) is 0 Å². The lowest BCUT2D eigenvalue weighted by Crippen LogP contribution is -2.58. The molecular formula is C22H24FN3O4. The van der Waals surface area contributed by atoms with Gasteiger partial charge in [0.05, 0.1) is 19.1 Å². The predicted molar refractivity (Wildman–Crippen MR) is 108 cm³/mol. The minimum atomic E-state index is -1.33. The number of hydrogen-bond acceptors (Lipinski definition) is 6. The van der Waals surface area contributed by atoms with Crippen molar-refractivity contribution in [3.05, 3.63) is 77.9 Å². The lowest BCUT2D eigenvalue weighted by Gasteiger charge is -2.42. The van der Waals surface area contributed by atoms with Crippen LogP contribution < -0.4 is 11.1 Å². The molecule has 1 aliphatic rings. The van der Waals surface area contributed by atoms with Gasteiger partial charge in [-0.2, -0.15) is 0 Å². The maximum Gasteiger partial charge on any atom is 0.253 e. The van der Waals surface area contributed by atoms with E-state index in [9.17, 15) is 14.3 Å². The largest absolute Gasteiger partial charge is 0.466 e. The number of hydrogen-bond donors (Lipinski definition) is 3. The monoisotopic (exact) mass is 413 g/mol. The third kappa shape index (κ3) is 3.48. The molecule has 30 heavy (non-hydrogen) atoms. The molecule has 1 aliphatic heterocycles. The Morgan fingerprint density at radius 3 is 2.30 bits per heavy atom. The van der Waals surface area contributed by atoms with Crippen molar-refractivity contribution in [3.63, 3.8) is 0 Å². The molecule has 0 bridgehead atoms. The molecule has 0 aliphatic carbocycles. The molecule has 0 atom stereocenters. The predicted octanol–water partition coefficient (Wildman–Crippen LogP) is 2.81. The van der Waals surface area contributed by atoms with Gasteiger partial charge < -0.3 is 25.0 Å². The Bertz CT molecular complexity index is 946. The fourth-order valence-corrected chi connectivity index (χ4v) is 4.21. The molecule has 0 saturated carbocycles. The number of aliphatic hydroxyl groups is 1. The number of anilines is 1. The van der Waals surface area contributed by atoms with Crippen molar-refractivity contribution in [1.29, 1.82) is 0 Å². The highest BCUT2D eigenvalue weighted by atomic mass is 19.1. The highest BCUT2D eigenvalue weighted by molar-refractivity contribution is 5.88. The second-order valence-corrected chi connectivity index (χ2v) is 7.39. The van der Waals surface area contributed by atoms with Crippen LogP contribution in [0.5, 0.6) is 0 Å². The summed E-state index contributed by atoms with van der Waals surface area (Å²) >= 11 is 0. The SMILES string of the molecule is NC(=O)C(c1ccco1)(c1ccco1)N1CCC(Nc2ccc(F)cc2CO)CC1. The molecule has 4 rings (SSSR count). The topological polar surface area (TPSA) is 105 Å². The number of aliphatic hydroxyl groups excluding tert-OH is 1. The van der Waals surface area contributed by atoms with Gasteiger partial charge in [-0.1, -0.05) is 0 Å². The average molecular weight is 413 g/mol. The summed E-state index contributed by atoms with van der Waals surface area (Å²) in [6.07, 6.45) is 4.43. The summed E-state index contributed by atoms with van der Waals surface area (Å²) < 4.78 is 24.7. The first-order valence-electron chi connectivity index (χ1n) is 9.84. The van der Waals surface area contributed by atoms with Crippen LogP contribution in [0.3, 0.4) is 0 Å². The quantitative estimate of drug-likeness (QED) is 0.550. The summed E-state index contributed by atoms with van der Waals surface area (Å²) in [4.78, 5) is 14.8. The van der Waals surface area contributed by atoms with Crippen LogP contribution in [0.1, 0.15) is 29.9 Å². The van der Waals surface area contributed by atoms with E-state index >= 15 is 0 Å². The Hall–Kier alpha value is -3.10. The number of carbonyl (C=O) groups is 1. The highest BCUT2D eigenvalue weighted by Gasteiger charge is 2.51. The van der Waals surface area contributed by atoms with Crippen molar-refractivity contribution >= 4 is 11.6 Å². The van der Waals surface area contributed by atoms with E-state index in [4.69, 9.17) is 14.6 Å². The first-order valence-corrected chi connectivity index (χ1v) is 9.84. The Kier molecular flexibility index (Phi) is 5.61. The second-order valence-electron chi connectivity index (χ2n) is 7.39. The summed E-state index contributed by atoms with van der Waals surface area (Å²) in [6.45, 7) is 0.857. The van der Waals surface area contributed by atoms with Gasteiger partial charge >= 0.3 is 0 Å². The standard InChI is InChI=1S/C22H24FN3O4/c23-16-5-6-18(15(13-16)14-27)25-17-7-9-26(10-8-17)22(21(24)28,19-3-1-11-29-19)20-4-2-12-30-20/h1-6,11-13,17,25,27H,7-10,14H2,(H2,24,28). The maximum atomic E-state index is 13.4.